The average molecular weight is 479 g/mol. The standard InChI is InChI=1S/C21H26N4O3S3/c1-2-3-4-9-25-20(28)16-12-6-5-7-14(12)31-19(16)24-21(25)30-11-15(26)23-18-13(17(22)27)8-10-29-18/h8,10,12,14H,2-7,9,11H2,1H3,(H2,22,27)(H,23,26). The fourth-order valence-electron chi connectivity index (χ4n) is 4.20. The Labute approximate surface area is 193 Å². The predicted molar refractivity (Wildman–Crippen MR) is 126 cm³/mol. The molecule has 1 fully saturated rings. The minimum atomic E-state index is -0.572. The molecule has 0 spiro atoms. The van der Waals surface area contributed by atoms with Crippen molar-refractivity contribution in [1.29, 1.82) is 0 Å². The second-order valence-electron chi connectivity index (χ2n) is 7.84. The lowest BCUT2D eigenvalue weighted by molar-refractivity contribution is -0.113. The second kappa shape index (κ2) is 9.79. The lowest BCUT2D eigenvalue weighted by Crippen LogP contribution is -2.28. The molecule has 0 bridgehead atoms. The number of fused-ring (bicyclic) bond motifs is 3. The Morgan fingerprint density at radius 1 is 1.35 bits per heavy atom. The number of carbonyl (C=O) groups is 2. The highest BCUT2D eigenvalue weighted by molar-refractivity contribution is 8.00. The Morgan fingerprint density at radius 3 is 2.97 bits per heavy atom. The first-order valence-electron chi connectivity index (χ1n) is 10.6. The molecule has 1 aliphatic heterocycles. The summed E-state index contributed by atoms with van der Waals surface area (Å²) in [6.07, 6.45) is 6.40. The molecule has 2 atom stereocenters. The number of nitrogens with two attached hydrogens (primary N) is 1. The summed E-state index contributed by atoms with van der Waals surface area (Å²) in [7, 11) is 0. The van der Waals surface area contributed by atoms with E-state index in [0.29, 0.717) is 33.4 Å². The van der Waals surface area contributed by atoms with E-state index in [1.165, 1.54) is 29.5 Å². The van der Waals surface area contributed by atoms with Gasteiger partial charge in [0.25, 0.3) is 11.5 Å². The van der Waals surface area contributed by atoms with Crippen LogP contribution in [-0.4, -0.2) is 32.4 Å². The first kappa shape index (κ1) is 22.4. The largest absolute Gasteiger partial charge is 0.366 e. The van der Waals surface area contributed by atoms with Gasteiger partial charge in [-0.25, -0.2) is 4.98 Å². The van der Waals surface area contributed by atoms with E-state index < -0.39 is 5.91 Å². The summed E-state index contributed by atoms with van der Waals surface area (Å²) in [5.74, 6) is -0.399. The summed E-state index contributed by atoms with van der Waals surface area (Å²) in [5, 5.41) is 6.83. The van der Waals surface area contributed by atoms with Crippen LogP contribution in [0.3, 0.4) is 0 Å². The lowest BCUT2D eigenvalue weighted by atomic mass is 10.0. The van der Waals surface area contributed by atoms with Crippen molar-refractivity contribution in [3.8, 4) is 0 Å². The van der Waals surface area contributed by atoms with Gasteiger partial charge in [-0.05, 0) is 30.7 Å². The monoisotopic (exact) mass is 478 g/mol. The van der Waals surface area contributed by atoms with Gasteiger partial charge >= 0.3 is 0 Å². The molecule has 2 amide bonds. The first-order chi connectivity index (χ1) is 15.0. The topological polar surface area (TPSA) is 107 Å². The summed E-state index contributed by atoms with van der Waals surface area (Å²) in [5.41, 5.74) is 6.61. The molecule has 2 aliphatic rings. The van der Waals surface area contributed by atoms with Gasteiger partial charge in [0.15, 0.2) is 5.16 Å². The Morgan fingerprint density at radius 2 is 2.19 bits per heavy atom. The van der Waals surface area contributed by atoms with E-state index >= 15 is 0 Å². The molecule has 3 N–H and O–H groups in total. The van der Waals surface area contributed by atoms with Gasteiger partial charge in [0.05, 0.1) is 16.9 Å². The van der Waals surface area contributed by atoms with Crippen LogP contribution in [0, 0.1) is 0 Å². The SMILES string of the molecule is CCCCCn1c(SCC(=O)Nc2sccc2C(N)=O)nc2c(c1=O)C1CCCC1S2. The fraction of sp³-hybridized carbons (Fsp3) is 0.524. The van der Waals surface area contributed by atoms with E-state index in [1.54, 1.807) is 27.8 Å². The molecule has 0 aromatic carbocycles. The van der Waals surface area contributed by atoms with Crippen molar-refractivity contribution in [2.24, 2.45) is 5.73 Å². The Kier molecular flexibility index (Phi) is 7.08. The summed E-state index contributed by atoms with van der Waals surface area (Å²) < 4.78 is 1.77. The quantitative estimate of drug-likeness (QED) is 0.244. The van der Waals surface area contributed by atoms with Crippen molar-refractivity contribution in [3.63, 3.8) is 0 Å². The van der Waals surface area contributed by atoms with Crippen molar-refractivity contribution in [1.82, 2.24) is 9.55 Å². The second-order valence-corrected chi connectivity index (χ2v) is 10.9. The zero-order valence-electron chi connectivity index (χ0n) is 17.4. The van der Waals surface area contributed by atoms with Crippen LogP contribution in [0.5, 0.6) is 0 Å². The highest BCUT2D eigenvalue weighted by Crippen LogP contribution is 2.51. The van der Waals surface area contributed by atoms with E-state index in [2.05, 4.69) is 12.2 Å². The number of hydrogen-bond acceptors (Lipinski definition) is 7. The van der Waals surface area contributed by atoms with Crippen LogP contribution in [0.2, 0.25) is 0 Å². The zero-order chi connectivity index (χ0) is 22.0. The number of carbonyl (C=O) groups excluding carboxylic acids is 2. The number of amides is 2. The molecule has 1 saturated carbocycles. The number of primary amides is 1. The van der Waals surface area contributed by atoms with E-state index in [9.17, 15) is 14.4 Å². The highest BCUT2D eigenvalue weighted by atomic mass is 32.2. The third-order valence-electron chi connectivity index (χ3n) is 5.72. The van der Waals surface area contributed by atoms with Crippen LogP contribution >= 0.6 is 34.9 Å². The van der Waals surface area contributed by atoms with E-state index in [1.807, 2.05) is 0 Å². The maximum absolute atomic E-state index is 13.4. The van der Waals surface area contributed by atoms with Gasteiger partial charge in [0, 0.05) is 17.7 Å². The molecule has 7 nitrogen and oxygen atoms in total. The smallest absolute Gasteiger partial charge is 0.258 e. The molecule has 2 unspecified atom stereocenters. The lowest BCUT2D eigenvalue weighted by Gasteiger charge is -2.15. The normalized spacial score (nSPS) is 19.3. The Bertz CT molecular complexity index is 1050. The molecule has 31 heavy (non-hydrogen) atoms. The summed E-state index contributed by atoms with van der Waals surface area (Å²) in [6, 6.07) is 1.59. The van der Waals surface area contributed by atoms with Crippen LogP contribution in [0.25, 0.3) is 0 Å². The molecule has 2 aromatic heterocycles. The highest BCUT2D eigenvalue weighted by Gasteiger charge is 2.40. The number of aromatic nitrogens is 2. The van der Waals surface area contributed by atoms with E-state index in [4.69, 9.17) is 10.7 Å². The van der Waals surface area contributed by atoms with Crippen LogP contribution in [-0.2, 0) is 11.3 Å². The van der Waals surface area contributed by atoms with E-state index in [0.717, 1.165) is 42.7 Å². The maximum Gasteiger partial charge on any atom is 0.258 e. The van der Waals surface area contributed by atoms with Crippen molar-refractivity contribution in [2.75, 3.05) is 11.1 Å². The van der Waals surface area contributed by atoms with Crippen LogP contribution in [0.15, 0.2) is 26.4 Å². The van der Waals surface area contributed by atoms with Crippen molar-refractivity contribution < 1.29 is 9.59 Å². The Balaban J connectivity index is 1.53. The molecule has 4 rings (SSSR count). The van der Waals surface area contributed by atoms with Gasteiger partial charge < -0.3 is 11.1 Å². The average Bonchev–Trinajstić information content (AvgIpc) is 3.44. The van der Waals surface area contributed by atoms with Gasteiger partial charge in [-0.3, -0.25) is 19.0 Å². The van der Waals surface area contributed by atoms with Crippen LogP contribution in [0.1, 0.15) is 67.3 Å². The summed E-state index contributed by atoms with van der Waals surface area (Å²) >= 11 is 4.26. The number of thiophene rings is 1. The maximum atomic E-state index is 13.4. The van der Waals surface area contributed by atoms with Crippen LogP contribution < -0.4 is 16.6 Å². The first-order valence-corrected chi connectivity index (χ1v) is 13.4. The number of anilines is 1. The molecular formula is C21H26N4O3S3. The number of unbranched alkanes of at least 4 members (excludes halogenated alkanes) is 2. The zero-order valence-corrected chi connectivity index (χ0v) is 19.8. The van der Waals surface area contributed by atoms with Gasteiger partial charge in [-0.15, -0.1) is 23.1 Å². The van der Waals surface area contributed by atoms with Gasteiger partial charge in [-0.2, -0.15) is 0 Å². The number of hydrogen-bond donors (Lipinski definition) is 2. The molecule has 0 radical (unpaired) electrons. The van der Waals surface area contributed by atoms with Gasteiger partial charge in [0.2, 0.25) is 5.91 Å². The van der Waals surface area contributed by atoms with Crippen LogP contribution in [0.4, 0.5) is 5.00 Å². The number of nitrogens with one attached hydrogen (secondary N) is 1. The minimum absolute atomic E-state index is 0.0696. The Hall–Kier alpha value is -1.78. The minimum Gasteiger partial charge on any atom is -0.366 e. The third-order valence-corrected chi connectivity index (χ3v) is 8.93. The van der Waals surface area contributed by atoms with Gasteiger partial charge in [-0.1, -0.05) is 37.9 Å². The van der Waals surface area contributed by atoms with E-state index in [-0.39, 0.29) is 17.2 Å². The predicted octanol–water partition coefficient (Wildman–Crippen LogP) is 4.07. The number of thioether (sulfide) groups is 2. The molecule has 2 aromatic rings. The molecular weight excluding hydrogens is 452 g/mol. The molecule has 1 aliphatic carbocycles. The molecule has 10 heteroatoms. The van der Waals surface area contributed by atoms with Crippen molar-refractivity contribution >= 4 is 51.7 Å². The number of nitrogens with zero attached hydrogens (tertiary/aromatic N) is 2. The number of rotatable bonds is 9. The fourth-order valence-corrected chi connectivity index (χ4v) is 7.40. The molecule has 3 heterocycles. The molecule has 166 valence electrons. The molecule has 0 saturated heterocycles. The van der Waals surface area contributed by atoms with Crippen molar-refractivity contribution in [2.45, 2.75) is 73.3 Å². The summed E-state index contributed by atoms with van der Waals surface area (Å²) in [6.45, 7) is 2.75. The van der Waals surface area contributed by atoms with Crippen molar-refractivity contribution in [3.05, 3.63) is 32.9 Å². The third kappa shape index (κ3) is 4.70. The van der Waals surface area contributed by atoms with Gasteiger partial charge in [0.1, 0.15) is 10.0 Å². The summed E-state index contributed by atoms with van der Waals surface area (Å²) in [4.78, 5) is 42.2.